The summed E-state index contributed by atoms with van der Waals surface area (Å²) >= 11 is 5.80. The summed E-state index contributed by atoms with van der Waals surface area (Å²) in [6.07, 6.45) is 6.90. The highest BCUT2D eigenvalue weighted by Gasteiger charge is 2.31. The molecule has 1 atom stereocenters. The van der Waals surface area contributed by atoms with E-state index in [1.165, 1.54) is 12.3 Å². The Kier molecular flexibility index (Phi) is 3.30. The van der Waals surface area contributed by atoms with Crippen LogP contribution in [0.15, 0.2) is 31.0 Å². The van der Waals surface area contributed by atoms with Crippen LogP contribution < -0.4 is 4.90 Å². The number of anilines is 1. The Balaban J connectivity index is 1.75. The Morgan fingerprint density at radius 3 is 2.96 bits per heavy atom. The molecule has 1 unspecified atom stereocenters. The highest BCUT2D eigenvalue weighted by molar-refractivity contribution is 6.30. The van der Waals surface area contributed by atoms with E-state index in [-0.39, 0.29) is 10.9 Å². The van der Waals surface area contributed by atoms with Crippen molar-refractivity contribution < 1.29 is 4.39 Å². The van der Waals surface area contributed by atoms with E-state index in [4.69, 9.17) is 11.6 Å². The maximum atomic E-state index is 14.2. The summed E-state index contributed by atoms with van der Waals surface area (Å²) in [6.45, 7) is 1.10. The monoisotopic (exact) mass is 332 g/mol. The normalized spacial score (nSPS) is 17.3. The second kappa shape index (κ2) is 5.34. The molecule has 0 aromatic carbocycles. The summed E-state index contributed by atoms with van der Waals surface area (Å²) in [6, 6.07) is 1.28. The van der Waals surface area contributed by atoms with Crippen LogP contribution in [-0.2, 0) is 13.6 Å². The van der Waals surface area contributed by atoms with Gasteiger partial charge in [-0.3, -0.25) is 4.68 Å². The SMILES string of the molecule is Cn1cc(C2CN(c3ncc(Cl)cc3F)Cc3[nH]cnc32)cn1. The first-order valence-corrected chi connectivity index (χ1v) is 7.56. The van der Waals surface area contributed by atoms with Gasteiger partial charge in [0, 0.05) is 37.5 Å². The van der Waals surface area contributed by atoms with E-state index in [9.17, 15) is 4.39 Å². The van der Waals surface area contributed by atoms with Gasteiger partial charge < -0.3 is 9.88 Å². The zero-order chi connectivity index (χ0) is 16.0. The van der Waals surface area contributed by atoms with Crippen molar-refractivity contribution in [1.82, 2.24) is 24.7 Å². The smallest absolute Gasteiger partial charge is 0.167 e. The van der Waals surface area contributed by atoms with Gasteiger partial charge in [0.15, 0.2) is 11.6 Å². The molecule has 1 N–H and O–H groups in total. The molecule has 3 aromatic rings. The Labute approximate surface area is 136 Å². The molecular formula is C15H14ClFN6. The third-order valence-corrected chi connectivity index (χ3v) is 4.26. The lowest BCUT2D eigenvalue weighted by Gasteiger charge is -2.32. The number of nitrogens with one attached hydrogen (secondary N) is 1. The lowest BCUT2D eigenvalue weighted by molar-refractivity contribution is 0.583. The molecule has 6 nitrogen and oxygen atoms in total. The van der Waals surface area contributed by atoms with Crippen LogP contribution in [0.5, 0.6) is 0 Å². The first-order chi connectivity index (χ1) is 11.1. The van der Waals surface area contributed by atoms with Gasteiger partial charge >= 0.3 is 0 Å². The zero-order valence-electron chi connectivity index (χ0n) is 12.4. The third kappa shape index (κ3) is 2.46. The highest BCUT2D eigenvalue weighted by atomic mass is 35.5. The largest absolute Gasteiger partial charge is 0.347 e. The molecule has 0 bridgehead atoms. The van der Waals surface area contributed by atoms with Gasteiger partial charge in [0.1, 0.15) is 0 Å². The van der Waals surface area contributed by atoms with E-state index >= 15 is 0 Å². The topological polar surface area (TPSA) is 62.6 Å². The predicted molar refractivity (Wildman–Crippen MR) is 83.9 cm³/mol. The summed E-state index contributed by atoms with van der Waals surface area (Å²) < 4.78 is 16.0. The van der Waals surface area contributed by atoms with Gasteiger partial charge in [-0.25, -0.2) is 14.4 Å². The summed E-state index contributed by atoms with van der Waals surface area (Å²) in [4.78, 5) is 13.6. The number of hydrogen-bond donors (Lipinski definition) is 1. The number of fused-ring (bicyclic) bond motifs is 1. The Bertz CT molecular complexity index is 857. The highest BCUT2D eigenvalue weighted by Crippen LogP contribution is 2.34. The lowest BCUT2D eigenvalue weighted by Crippen LogP contribution is -2.35. The molecule has 0 fully saturated rings. The van der Waals surface area contributed by atoms with E-state index in [1.54, 1.807) is 11.0 Å². The van der Waals surface area contributed by atoms with E-state index in [0.29, 0.717) is 18.9 Å². The predicted octanol–water partition coefficient (Wildman–Crippen LogP) is 2.48. The molecule has 1 aliphatic heterocycles. The van der Waals surface area contributed by atoms with Crippen molar-refractivity contribution in [1.29, 1.82) is 0 Å². The van der Waals surface area contributed by atoms with Gasteiger partial charge in [-0.1, -0.05) is 11.6 Å². The fraction of sp³-hybridized carbons (Fsp3) is 0.267. The number of rotatable bonds is 2. The average molecular weight is 333 g/mol. The van der Waals surface area contributed by atoms with Crippen molar-refractivity contribution in [3.63, 3.8) is 0 Å². The van der Waals surface area contributed by atoms with Crippen LogP contribution in [0.4, 0.5) is 10.2 Å². The van der Waals surface area contributed by atoms with E-state index in [1.807, 2.05) is 24.3 Å². The van der Waals surface area contributed by atoms with Crippen molar-refractivity contribution in [2.45, 2.75) is 12.5 Å². The molecule has 23 heavy (non-hydrogen) atoms. The molecule has 8 heteroatoms. The molecule has 118 valence electrons. The minimum Gasteiger partial charge on any atom is -0.347 e. The summed E-state index contributed by atoms with van der Waals surface area (Å²) in [5, 5.41) is 4.52. The number of hydrogen-bond acceptors (Lipinski definition) is 4. The first kappa shape index (κ1) is 14.2. The Hall–Kier alpha value is -2.41. The molecule has 0 saturated heterocycles. The van der Waals surface area contributed by atoms with Gasteiger partial charge in [-0.2, -0.15) is 5.10 Å². The molecular weight excluding hydrogens is 319 g/mol. The molecule has 4 rings (SSSR count). The van der Waals surface area contributed by atoms with Gasteiger partial charge in [0.2, 0.25) is 0 Å². The quantitative estimate of drug-likeness (QED) is 0.783. The molecule has 0 spiro atoms. The van der Waals surface area contributed by atoms with Gasteiger partial charge in [-0.15, -0.1) is 0 Å². The molecule has 1 aliphatic rings. The molecule has 4 heterocycles. The van der Waals surface area contributed by atoms with Crippen LogP contribution in [0.2, 0.25) is 5.02 Å². The van der Waals surface area contributed by atoms with Crippen LogP contribution >= 0.6 is 11.6 Å². The lowest BCUT2D eigenvalue weighted by atomic mass is 9.93. The number of halogens is 2. The van der Waals surface area contributed by atoms with Gasteiger partial charge in [0.25, 0.3) is 0 Å². The Morgan fingerprint density at radius 1 is 1.35 bits per heavy atom. The number of nitrogens with zero attached hydrogens (tertiary/aromatic N) is 5. The minimum atomic E-state index is -0.426. The van der Waals surface area contributed by atoms with E-state index < -0.39 is 5.82 Å². The van der Waals surface area contributed by atoms with Crippen molar-refractivity contribution >= 4 is 17.4 Å². The van der Waals surface area contributed by atoms with Crippen LogP contribution in [0.3, 0.4) is 0 Å². The third-order valence-electron chi connectivity index (χ3n) is 4.05. The number of H-pyrrole nitrogens is 1. The van der Waals surface area contributed by atoms with Crippen LogP contribution in [0.1, 0.15) is 22.9 Å². The molecule has 0 aliphatic carbocycles. The standard InChI is InChI=1S/C15H14ClFN6/c1-22-5-9(3-21-22)11-6-23(7-13-14(11)20-8-19-13)15-12(17)2-10(16)4-18-15/h2-5,8,11H,6-7H2,1H3,(H,19,20). The maximum absolute atomic E-state index is 14.2. The fourth-order valence-electron chi connectivity index (χ4n) is 3.01. The second-order valence-corrected chi connectivity index (χ2v) is 6.04. The van der Waals surface area contributed by atoms with Crippen molar-refractivity contribution in [3.05, 3.63) is 58.8 Å². The number of aryl methyl sites for hydroxylation is 1. The van der Waals surface area contributed by atoms with Crippen molar-refractivity contribution in [3.8, 4) is 0 Å². The number of pyridine rings is 1. The fourth-order valence-corrected chi connectivity index (χ4v) is 3.15. The van der Waals surface area contributed by atoms with Gasteiger partial charge in [-0.05, 0) is 6.07 Å². The zero-order valence-corrected chi connectivity index (χ0v) is 13.1. The van der Waals surface area contributed by atoms with Gasteiger partial charge in [0.05, 0.1) is 35.5 Å². The van der Waals surface area contributed by atoms with Crippen molar-refractivity contribution in [2.75, 3.05) is 11.4 Å². The summed E-state index contributed by atoms with van der Waals surface area (Å²) in [5.74, 6) is -0.121. The maximum Gasteiger partial charge on any atom is 0.167 e. The molecule has 0 saturated carbocycles. The first-order valence-electron chi connectivity index (χ1n) is 7.18. The molecule has 0 radical (unpaired) electrons. The van der Waals surface area contributed by atoms with Crippen LogP contribution in [0, 0.1) is 5.82 Å². The number of aromatic amines is 1. The number of aromatic nitrogens is 5. The summed E-state index contributed by atoms with van der Waals surface area (Å²) in [7, 11) is 1.87. The average Bonchev–Trinajstić information content (AvgIpc) is 3.14. The summed E-state index contributed by atoms with van der Waals surface area (Å²) in [5.41, 5.74) is 2.98. The second-order valence-electron chi connectivity index (χ2n) is 5.61. The Morgan fingerprint density at radius 2 is 2.22 bits per heavy atom. The molecule has 0 amide bonds. The van der Waals surface area contributed by atoms with E-state index in [0.717, 1.165) is 17.0 Å². The number of imidazole rings is 1. The van der Waals surface area contributed by atoms with Crippen molar-refractivity contribution in [2.24, 2.45) is 7.05 Å². The minimum absolute atomic E-state index is 0.00979. The van der Waals surface area contributed by atoms with E-state index in [2.05, 4.69) is 20.1 Å². The molecule has 3 aromatic heterocycles. The van der Waals surface area contributed by atoms with Crippen LogP contribution in [0.25, 0.3) is 0 Å². The van der Waals surface area contributed by atoms with Crippen LogP contribution in [-0.4, -0.2) is 31.3 Å².